The molecule has 0 aromatic carbocycles. The summed E-state index contributed by atoms with van der Waals surface area (Å²) in [6, 6.07) is 0.110. The number of rotatable bonds is 3. The Balaban J connectivity index is 2.81. The van der Waals surface area contributed by atoms with Crippen molar-refractivity contribution in [3.8, 4) is 0 Å². The molecule has 1 heterocycles. The fraction of sp³-hybridized carbons (Fsp3) is 0.625. The maximum atomic E-state index is 7.17. The van der Waals surface area contributed by atoms with E-state index in [9.17, 15) is 0 Å². The van der Waals surface area contributed by atoms with E-state index in [1.807, 2.05) is 20.8 Å². The van der Waals surface area contributed by atoms with Crippen LogP contribution in [0.5, 0.6) is 0 Å². The third-order valence-corrected chi connectivity index (χ3v) is 1.84. The maximum absolute atomic E-state index is 7.17. The number of amidine groups is 1. The van der Waals surface area contributed by atoms with Crippen molar-refractivity contribution in [1.82, 2.24) is 14.8 Å². The molecule has 1 aromatic rings. The van der Waals surface area contributed by atoms with Crippen molar-refractivity contribution < 1.29 is 0 Å². The van der Waals surface area contributed by atoms with Crippen LogP contribution in [0.1, 0.15) is 31.0 Å². The van der Waals surface area contributed by atoms with Crippen molar-refractivity contribution >= 4 is 5.84 Å². The van der Waals surface area contributed by atoms with Gasteiger partial charge >= 0.3 is 0 Å². The second-order valence-corrected chi connectivity index (χ2v) is 3.23. The van der Waals surface area contributed by atoms with E-state index in [2.05, 4.69) is 10.1 Å². The van der Waals surface area contributed by atoms with Crippen LogP contribution in [0.15, 0.2) is 0 Å². The molecule has 0 fully saturated rings. The molecule has 1 aromatic heterocycles. The molecule has 1 rings (SSSR count). The zero-order valence-electron chi connectivity index (χ0n) is 8.20. The Kier molecular flexibility index (Phi) is 2.65. The van der Waals surface area contributed by atoms with Gasteiger partial charge in [-0.2, -0.15) is 5.10 Å². The Morgan fingerprint density at radius 1 is 1.62 bits per heavy atom. The number of nitrogens with one attached hydrogen (secondary N) is 1. The minimum atomic E-state index is 0.110. The summed E-state index contributed by atoms with van der Waals surface area (Å²) in [6.45, 7) is 5.73. The van der Waals surface area contributed by atoms with Crippen LogP contribution in [-0.4, -0.2) is 20.6 Å². The zero-order valence-corrected chi connectivity index (χ0v) is 8.20. The van der Waals surface area contributed by atoms with Crippen LogP contribution in [0.3, 0.4) is 0 Å². The van der Waals surface area contributed by atoms with E-state index < -0.39 is 0 Å². The molecular formula is C8H15N5. The van der Waals surface area contributed by atoms with Crippen LogP contribution in [0.2, 0.25) is 0 Å². The van der Waals surface area contributed by atoms with E-state index in [1.165, 1.54) is 0 Å². The highest BCUT2D eigenvalue weighted by Crippen LogP contribution is 2.10. The van der Waals surface area contributed by atoms with E-state index in [0.29, 0.717) is 6.42 Å². The molecule has 1 unspecified atom stereocenters. The molecule has 5 nitrogen and oxygen atoms in total. The molecule has 0 amide bonds. The SMILES string of the molecule is Cc1nc(C)n(C(C)CC(=N)N)n1. The van der Waals surface area contributed by atoms with Gasteiger partial charge < -0.3 is 5.73 Å². The number of hydrogen-bond donors (Lipinski definition) is 2. The molecule has 5 heteroatoms. The van der Waals surface area contributed by atoms with Gasteiger partial charge in [0.05, 0.1) is 11.9 Å². The molecular weight excluding hydrogens is 166 g/mol. The molecule has 3 N–H and O–H groups in total. The summed E-state index contributed by atoms with van der Waals surface area (Å²) in [5.74, 6) is 1.80. The zero-order chi connectivity index (χ0) is 10.0. The number of aryl methyl sites for hydroxylation is 2. The lowest BCUT2D eigenvalue weighted by atomic mass is 10.2. The van der Waals surface area contributed by atoms with Crippen LogP contribution in [0.4, 0.5) is 0 Å². The van der Waals surface area contributed by atoms with E-state index in [4.69, 9.17) is 11.1 Å². The van der Waals surface area contributed by atoms with Gasteiger partial charge in [0.2, 0.25) is 0 Å². The monoisotopic (exact) mass is 181 g/mol. The van der Waals surface area contributed by atoms with Gasteiger partial charge in [-0.25, -0.2) is 9.67 Å². The Morgan fingerprint density at radius 2 is 2.23 bits per heavy atom. The fourth-order valence-corrected chi connectivity index (χ4v) is 1.36. The Morgan fingerprint density at radius 3 is 2.62 bits per heavy atom. The van der Waals surface area contributed by atoms with Crippen molar-refractivity contribution in [2.75, 3.05) is 0 Å². The third-order valence-electron chi connectivity index (χ3n) is 1.84. The molecule has 0 bridgehead atoms. The summed E-state index contributed by atoms with van der Waals surface area (Å²) in [5, 5.41) is 11.4. The summed E-state index contributed by atoms with van der Waals surface area (Å²) in [5.41, 5.74) is 5.31. The van der Waals surface area contributed by atoms with Crippen molar-refractivity contribution in [3.05, 3.63) is 11.6 Å². The predicted octanol–water partition coefficient (Wildman–Crippen LogP) is 0.782. The number of aromatic nitrogens is 3. The highest BCUT2D eigenvalue weighted by atomic mass is 15.4. The number of nitrogens with zero attached hydrogens (tertiary/aromatic N) is 3. The van der Waals surface area contributed by atoms with Gasteiger partial charge in [0.25, 0.3) is 0 Å². The normalized spacial score (nSPS) is 12.8. The second kappa shape index (κ2) is 3.55. The van der Waals surface area contributed by atoms with Gasteiger partial charge in [-0.1, -0.05) is 0 Å². The first-order valence-corrected chi connectivity index (χ1v) is 4.23. The minimum Gasteiger partial charge on any atom is -0.388 e. The quantitative estimate of drug-likeness (QED) is 0.534. The summed E-state index contributed by atoms with van der Waals surface area (Å²) in [6.07, 6.45) is 0.518. The molecule has 0 spiro atoms. The Labute approximate surface area is 77.5 Å². The molecule has 13 heavy (non-hydrogen) atoms. The molecule has 0 aliphatic carbocycles. The highest BCUT2D eigenvalue weighted by Gasteiger charge is 2.10. The maximum Gasteiger partial charge on any atom is 0.147 e. The van der Waals surface area contributed by atoms with Gasteiger partial charge in [0.1, 0.15) is 11.6 Å². The van der Waals surface area contributed by atoms with Crippen molar-refractivity contribution in [1.29, 1.82) is 5.41 Å². The van der Waals surface area contributed by atoms with Crippen molar-refractivity contribution in [2.45, 2.75) is 33.2 Å². The summed E-state index contributed by atoms with van der Waals surface area (Å²) in [4.78, 5) is 4.18. The van der Waals surface area contributed by atoms with Crippen LogP contribution in [0.25, 0.3) is 0 Å². The lowest BCUT2D eigenvalue weighted by Crippen LogP contribution is -2.18. The van der Waals surface area contributed by atoms with Crippen LogP contribution in [0, 0.1) is 19.3 Å². The smallest absolute Gasteiger partial charge is 0.147 e. The van der Waals surface area contributed by atoms with Gasteiger partial charge in [0.15, 0.2) is 0 Å². The molecule has 0 aliphatic rings. The van der Waals surface area contributed by atoms with Crippen molar-refractivity contribution in [3.63, 3.8) is 0 Å². The predicted molar refractivity (Wildman–Crippen MR) is 50.7 cm³/mol. The first-order valence-electron chi connectivity index (χ1n) is 4.23. The van der Waals surface area contributed by atoms with Gasteiger partial charge in [-0.05, 0) is 20.8 Å². The van der Waals surface area contributed by atoms with E-state index >= 15 is 0 Å². The molecule has 72 valence electrons. The minimum absolute atomic E-state index is 0.110. The van der Waals surface area contributed by atoms with Gasteiger partial charge in [0, 0.05) is 6.42 Å². The van der Waals surface area contributed by atoms with Crippen LogP contribution in [-0.2, 0) is 0 Å². The van der Waals surface area contributed by atoms with Gasteiger partial charge in [-0.15, -0.1) is 0 Å². The lowest BCUT2D eigenvalue weighted by Gasteiger charge is -2.11. The first-order chi connectivity index (χ1) is 6.00. The average Bonchev–Trinajstić information content (AvgIpc) is 2.28. The second-order valence-electron chi connectivity index (χ2n) is 3.23. The third kappa shape index (κ3) is 2.27. The summed E-state index contributed by atoms with van der Waals surface area (Å²) in [7, 11) is 0. The Hall–Kier alpha value is -1.39. The largest absolute Gasteiger partial charge is 0.388 e. The average molecular weight is 181 g/mol. The van der Waals surface area contributed by atoms with E-state index in [-0.39, 0.29) is 11.9 Å². The van der Waals surface area contributed by atoms with Crippen LogP contribution < -0.4 is 5.73 Å². The molecule has 0 saturated heterocycles. The van der Waals surface area contributed by atoms with Gasteiger partial charge in [-0.3, -0.25) is 5.41 Å². The van der Waals surface area contributed by atoms with E-state index in [0.717, 1.165) is 11.6 Å². The topological polar surface area (TPSA) is 80.6 Å². The highest BCUT2D eigenvalue weighted by molar-refractivity contribution is 5.77. The first kappa shape index (κ1) is 9.70. The molecule has 0 saturated carbocycles. The number of nitrogens with two attached hydrogens (primary N) is 1. The standard InChI is InChI=1S/C8H15N5/c1-5(4-8(9)10)13-7(3)11-6(2)12-13/h5H,4H2,1-3H3,(H3,9,10). The van der Waals surface area contributed by atoms with Crippen molar-refractivity contribution in [2.24, 2.45) is 5.73 Å². The lowest BCUT2D eigenvalue weighted by molar-refractivity contribution is 0.488. The molecule has 1 atom stereocenters. The van der Waals surface area contributed by atoms with E-state index in [1.54, 1.807) is 4.68 Å². The fourth-order valence-electron chi connectivity index (χ4n) is 1.36. The summed E-state index contributed by atoms with van der Waals surface area (Å²) >= 11 is 0. The molecule has 0 radical (unpaired) electrons. The summed E-state index contributed by atoms with van der Waals surface area (Å²) < 4.78 is 1.80. The van der Waals surface area contributed by atoms with Crippen LogP contribution >= 0.6 is 0 Å². The molecule has 0 aliphatic heterocycles. The Bertz CT molecular complexity index is 314. The number of hydrogen-bond acceptors (Lipinski definition) is 3.